The van der Waals surface area contributed by atoms with Gasteiger partial charge in [0.05, 0.1) is 5.56 Å². The number of phenolic OH excluding ortho intramolecular Hbond substituents is 1. The predicted molar refractivity (Wildman–Crippen MR) is 58.4 cm³/mol. The van der Waals surface area contributed by atoms with Crippen LogP contribution in [0, 0.1) is 0 Å². The number of hydrogen-bond acceptors (Lipinski definition) is 2. The van der Waals surface area contributed by atoms with E-state index in [4.69, 9.17) is 0 Å². The molecule has 0 aromatic heterocycles. The van der Waals surface area contributed by atoms with Gasteiger partial charge in [0.1, 0.15) is 5.75 Å². The molecule has 0 heterocycles. The third-order valence-corrected chi connectivity index (χ3v) is 2.23. The molecular weight excluding hydrogens is 246 g/mol. The summed E-state index contributed by atoms with van der Waals surface area (Å²) in [6.07, 6.45) is 0.878. The molecule has 0 spiro atoms. The third-order valence-electron chi connectivity index (χ3n) is 1.74. The standard InChI is InChI=1S/C10H12BrNO2/c1-2-5-12-10(14)8-4-3-7(11)6-9(8)13/h3-4,6,13H,2,5H2,1H3,(H,12,14). The van der Waals surface area contributed by atoms with Gasteiger partial charge in [0.15, 0.2) is 0 Å². The normalized spacial score (nSPS) is 9.86. The molecule has 0 saturated carbocycles. The van der Waals surface area contributed by atoms with Crippen LogP contribution in [0.15, 0.2) is 22.7 Å². The highest BCUT2D eigenvalue weighted by Gasteiger charge is 2.09. The molecule has 0 radical (unpaired) electrons. The van der Waals surface area contributed by atoms with Crippen molar-refractivity contribution in [1.82, 2.24) is 5.32 Å². The number of hydrogen-bond donors (Lipinski definition) is 2. The quantitative estimate of drug-likeness (QED) is 0.873. The van der Waals surface area contributed by atoms with Gasteiger partial charge in [0.2, 0.25) is 0 Å². The summed E-state index contributed by atoms with van der Waals surface area (Å²) >= 11 is 3.21. The molecule has 1 aromatic carbocycles. The summed E-state index contributed by atoms with van der Waals surface area (Å²) in [6.45, 7) is 2.59. The van der Waals surface area contributed by atoms with E-state index in [1.54, 1.807) is 12.1 Å². The van der Waals surface area contributed by atoms with Gasteiger partial charge in [-0.3, -0.25) is 4.79 Å². The summed E-state index contributed by atoms with van der Waals surface area (Å²) in [7, 11) is 0. The maximum absolute atomic E-state index is 11.4. The largest absolute Gasteiger partial charge is 0.507 e. The molecule has 0 aliphatic heterocycles. The van der Waals surface area contributed by atoms with E-state index in [1.807, 2.05) is 6.92 Å². The third kappa shape index (κ3) is 2.73. The Morgan fingerprint density at radius 3 is 2.86 bits per heavy atom. The second-order valence-corrected chi connectivity index (χ2v) is 3.83. The number of halogens is 1. The zero-order valence-electron chi connectivity index (χ0n) is 7.88. The van der Waals surface area contributed by atoms with Crippen LogP contribution in [-0.2, 0) is 0 Å². The average Bonchev–Trinajstić information content (AvgIpc) is 2.14. The first-order valence-corrected chi connectivity index (χ1v) is 5.21. The van der Waals surface area contributed by atoms with Crippen LogP contribution in [0.4, 0.5) is 0 Å². The van der Waals surface area contributed by atoms with Crippen molar-refractivity contribution in [1.29, 1.82) is 0 Å². The molecule has 0 atom stereocenters. The monoisotopic (exact) mass is 257 g/mol. The number of benzene rings is 1. The Balaban J connectivity index is 2.80. The van der Waals surface area contributed by atoms with Gasteiger partial charge < -0.3 is 10.4 Å². The van der Waals surface area contributed by atoms with Gasteiger partial charge in [-0.05, 0) is 24.6 Å². The number of rotatable bonds is 3. The molecule has 0 aliphatic carbocycles. The minimum absolute atomic E-state index is 0.00650. The van der Waals surface area contributed by atoms with Crippen molar-refractivity contribution in [3.05, 3.63) is 28.2 Å². The second kappa shape index (κ2) is 5.00. The molecular formula is C10H12BrNO2. The highest BCUT2D eigenvalue weighted by atomic mass is 79.9. The number of carbonyl (C=O) groups is 1. The first-order chi connectivity index (χ1) is 6.65. The van der Waals surface area contributed by atoms with Gasteiger partial charge in [0, 0.05) is 11.0 Å². The van der Waals surface area contributed by atoms with Crippen LogP contribution in [0.25, 0.3) is 0 Å². The fraction of sp³-hybridized carbons (Fsp3) is 0.300. The lowest BCUT2D eigenvalue weighted by Gasteiger charge is -2.05. The van der Waals surface area contributed by atoms with E-state index in [2.05, 4.69) is 21.2 Å². The number of carbonyl (C=O) groups excluding carboxylic acids is 1. The number of aromatic hydroxyl groups is 1. The van der Waals surface area contributed by atoms with Crippen molar-refractivity contribution in [2.75, 3.05) is 6.54 Å². The highest BCUT2D eigenvalue weighted by molar-refractivity contribution is 9.10. The molecule has 14 heavy (non-hydrogen) atoms. The number of phenols is 1. The Hall–Kier alpha value is -1.03. The van der Waals surface area contributed by atoms with Crippen LogP contribution in [0.3, 0.4) is 0 Å². The molecule has 1 aromatic rings. The molecule has 3 nitrogen and oxygen atoms in total. The fourth-order valence-corrected chi connectivity index (χ4v) is 1.38. The lowest BCUT2D eigenvalue weighted by molar-refractivity contribution is 0.0951. The Kier molecular flexibility index (Phi) is 3.95. The van der Waals surface area contributed by atoms with Crippen molar-refractivity contribution in [2.24, 2.45) is 0 Å². The summed E-state index contributed by atoms with van der Waals surface area (Å²) in [5, 5.41) is 12.2. The Labute approximate surface area is 91.3 Å². The molecule has 0 saturated heterocycles. The summed E-state index contributed by atoms with van der Waals surface area (Å²) < 4.78 is 0.752. The van der Waals surface area contributed by atoms with E-state index in [9.17, 15) is 9.90 Å². The lowest BCUT2D eigenvalue weighted by atomic mass is 10.2. The molecule has 0 unspecified atom stereocenters. The van der Waals surface area contributed by atoms with Gasteiger partial charge in [-0.15, -0.1) is 0 Å². The maximum atomic E-state index is 11.4. The smallest absolute Gasteiger partial charge is 0.255 e. The average molecular weight is 258 g/mol. The minimum atomic E-state index is -0.239. The van der Waals surface area contributed by atoms with Crippen LogP contribution in [0.5, 0.6) is 5.75 Å². The van der Waals surface area contributed by atoms with E-state index in [1.165, 1.54) is 6.07 Å². The molecule has 0 bridgehead atoms. The zero-order valence-corrected chi connectivity index (χ0v) is 9.47. The fourth-order valence-electron chi connectivity index (χ4n) is 1.03. The van der Waals surface area contributed by atoms with Gasteiger partial charge in [-0.1, -0.05) is 22.9 Å². The van der Waals surface area contributed by atoms with Crippen LogP contribution in [0.1, 0.15) is 23.7 Å². The first-order valence-electron chi connectivity index (χ1n) is 4.42. The molecule has 76 valence electrons. The summed E-state index contributed by atoms with van der Waals surface area (Å²) in [6, 6.07) is 4.81. The second-order valence-electron chi connectivity index (χ2n) is 2.92. The van der Waals surface area contributed by atoms with Crippen molar-refractivity contribution in [3.63, 3.8) is 0 Å². The van der Waals surface area contributed by atoms with Crippen molar-refractivity contribution >= 4 is 21.8 Å². The molecule has 1 amide bonds. The summed E-state index contributed by atoms with van der Waals surface area (Å²) in [5.74, 6) is -0.246. The SMILES string of the molecule is CCCNC(=O)c1ccc(Br)cc1O. The minimum Gasteiger partial charge on any atom is -0.507 e. The summed E-state index contributed by atoms with van der Waals surface area (Å²) in [4.78, 5) is 11.4. The zero-order chi connectivity index (χ0) is 10.6. The molecule has 2 N–H and O–H groups in total. The van der Waals surface area contributed by atoms with E-state index < -0.39 is 0 Å². The molecule has 4 heteroatoms. The van der Waals surface area contributed by atoms with Gasteiger partial charge >= 0.3 is 0 Å². The van der Waals surface area contributed by atoms with Gasteiger partial charge in [-0.25, -0.2) is 0 Å². The van der Waals surface area contributed by atoms with Gasteiger partial charge in [0.25, 0.3) is 5.91 Å². The van der Waals surface area contributed by atoms with Crippen molar-refractivity contribution < 1.29 is 9.90 Å². The van der Waals surface area contributed by atoms with Crippen LogP contribution in [0.2, 0.25) is 0 Å². The van der Waals surface area contributed by atoms with Crippen LogP contribution in [-0.4, -0.2) is 17.6 Å². The number of nitrogens with one attached hydrogen (secondary N) is 1. The van der Waals surface area contributed by atoms with Gasteiger partial charge in [-0.2, -0.15) is 0 Å². The highest BCUT2D eigenvalue weighted by Crippen LogP contribution is 2.21. The Morgan fingerprint density at radius 1 is 1.57 bits per heavy atom. The van der Waals surface area contributed by atoms with Crippen LogP contribution >= 0.6 is 15.9 Å². The van der Waals surface area contributed by atoms with E-state index in [-0.39, 0.29) is 11.7 Å². The van der Waals surface area contributed by atoms with E-state index in [0.717, 1.165) is 10.9 Å². The molecule has 0 aliphatic rings. The topological polar surface area (TPSA) is 49.3 Å². The maximum Gasteiger partial charge on any atom is 0.255 e. The van der Waals surface area contributed by atoms with Crippen molar-refractivity contribution in [2.45, 2.75) is 13.3 Å². The molecule has 0 fully saturated rings. The van der Waals surface area contributed by atoms with E-state index in [0.29, 0.717) is 12.1 Å². The Bertz CT molecular complexity index is 339. The lowest BCUT2D eigenvalue weighted by Crippen LogP contribution is -2.23. The predicted octanol–water partition coefficient (Wildman–Crippen LogP) is 2.29. The first kappa shape index (κ1) is 11.0. The summed E-state index contributed by atoms with van der Waals surface area (Å²) in [5.41, 5.74) is 0.307. The van der Waals surface area contributed by atoms with E-state index >= 15 is 0 Å². The molecule has 1 rings (SSSR count). The number of amides is 1. The Morgan fingerprint density at radius 2 is 2.29 bits per heavy atom. The van der Waals surface area contributed by atoms with Crippen LogP contribution < -0.4 is 5.32 Å². The van der Waals surface area contributed by atoms with Crippen molar-refractivity contribution in [3.8, 4) is 5.75 Å².